The minimum absolute atomic E-state index is 0.186. The number of amides is 1. The highest BCUT2D eigenvalue weighted by Gasteiger charge is 2.24. The highest BCUT2D eigenvalue weighted by atomic mass is 35.5. The van der Waals surface area contributed by atoms with E-state index in [0.717, 1.165) is 71.8 Å². The molecule has 7 heteroatoms. The van der Waals surface area contributed by atoms with E-state index in [9.17, 15) is 4.79 Å². The average Bonchev–Trinajstić information content (AvgIpc) is 3.47. The molecule has 4 heterocycles. The summed E-state index contributed by atoms with van der Waals surface area (Å²) in [6.07, 6.45) is 4.46. The zero-order chi connectivity index (χ0) is 23.8. The number of hydrogen-bond acceptors (Lipinski definition) is 3. The third-order valence-electron chi connectivity index (χ3n) is 6.86. The van der Waals surface area contributed by atoms with Gasteiger partial charge in [0, 0.05) is 66.6 Å². The summed E-state index contributed by atoms with van der Waals surface area (Å²) in [4.78, 5) is 25.6. The zero-order valence-corrected chi connectivity index (χ0v) is 20.1. The third kappa shape index (κ3) is 4.31. The third-order valence-corrected chi connectivity index (χ3v) is 7.11. The van der Waals surface area contributed by atoms with E-state index in [-0.39, 0.29) is 5.91 Å². The van der Waals surface area contributed by atoms with Crippen molar-refractivity contribution in [1.29, 1.82) is 0 Å². The fraction of sp³-hybridized carbons (Fsp3) is 0.214. The van der Waals surface area contributed by atoms with E-state index >= 15 is 0 Å². The van der Waals surface area contributed by atoms with Crippen LogP contribution in [0.2, 0.25) is 5.02 Å². The Morgan fingerprint density at radius 3 is 2.54 bits per heavy atom. The number of pyridine rings is 1. The number of aromatic amines is 1. The number of para-hydroxylation sites is 1. The van der Waals surface area contributed by atoms with Gasteiger partial charge in [-0.25, -0.2) is 4.98 Å². The number of benzene rings is 2. The first-order chi connectivity index (χ1) is 17.2. The van der Waals surface area contributed by atoms with Gasteiger partial charge >= 0.3 is 0 Å². The molecule has 0 saturated carbocycles. The van der Waals surface area contributed by atoms with Gasteiger partial charge in [-0.2, -0.15) is 0 Å². The molecule has 35 heavy (non-hydrogen) atoms. The van der Waals surface area contributed by atoms with Crippen molar-refractivity contribution in [3.63, 3.8) is 0 Å². The molecule has 6 rings (SSSR count). The van der Waals surface area contributed by atoms with Gasteiger partial charge < -0.3 is 14.3 Å². The Bertz CT molecular complexity index is 1500. The van der Waals surface area contributed by atoms with E-state index in [0.29, 0.717) is 11.4 Å². The number of nitrogens with one attached hydrogen (secondary N) is 1. The summed E-state index contributed by atoms with van der Waals surface area (Å²) in [7, 11) is 0. The van der Waals surface area contributed by atoms with Crippen LogP contribution in [0.15, 0.2) is 79.1 Å². The van der Waals surface area contributed by atoms with E-state index in [4.69, 9.17) is 16.6 Å². The van der Waals surface area contributed by atoms with Crippen LogP contribution in [0.4, 0.5) is 0 Å². The van der Waals surface area contributed by atoms with Gasteiger partial charge in [-0.1, -0.05) is 48.0 Å². The number of carbonyl (C=O) groups excluding carboxylic acids is 1. The lowest BCUT2D eigenvalue weighted by Crippen LogP contribution is -2.48. The van der Waals surface area contributed by atoms with Crippen molar-refractivity contribution in [3.8, 4) is 11.3 Å². The Balaban J connectivity index is 1.16. The molecule has 176 valence electrons. The molecule has 2 aromatic carbocycles. The van der Waals surface area contributed by atoms with Crippen molar-refractivity contribution >= 4 is 34.1 Å². The van der Waals surface area contributed by atoms with Crippen molar-refractivity contribution in [2.75, 3.05) is 26.2 Å². The summed E-state index contributed by atoms with van der Waals surface area (Å²) in [5.74, 6) is 0.186. The summed E-state index contributed by atoms with van der Waals surface area (Å²) in [6, 6.07) is 22.1. The van der Waals surface area contributed by atoms with Crippen LogP contribution in [0.1, 0.15) is 11.3 Å². The number of carbonyl (C=O) groups is 1. The van der Waals surface area contributed by atoms with Gasteiger partial charge in [-0.05, 0) is 35.9 Å². The number of rotatable bonds is 5. The largest absolute Gasteiger partial charge is 0.361 e. The van der Waals surface area contributed by atoms with Crippen molar-refractivity contribution < 1.29 is 4.79 Å². The first-order valence-corrected chi connectivity index (χ1v) is 12.3. The van der Waals surface area contributed by atoms with Crippen molar-refractivity contribution in [1.82, 2.24) is 24.2 Å². The Labute approximate surface area is 208 Å². The number of hydrogen-bond donors (Lipinski definition) is 1. The Morgan fingerprint density at radius 1 is 0.943 bits per heavy atom. The molecule has 1 amide bonds. The zero-order valence-electron chi connectivity index (χ0n) is 19.3. The van der Waals surface area contributed by atoms with E-state index in [2.05, 4.69) is 26.5 Å². The molecular formula is C28H26ClN5O. The molecular weight excluding hydrogens is 458 g/mol. The number of piperazine rings is 1. The van der Waals surface area contributed by atoms with Crippen molar-refractivity contribution in [2.45, 2.75) is 13.0 Å². The van der Waals surface area contributed by atoms with Gasteiger partial charge in [0.15, 0.2) is 0 Å². The van der Waals surface area contributed by atoms with Crippen LogP contribution in [0.3, 0.4) is 0 Å². The maximum Gasteiger partial charge on any atom is 0.227 e. The predicted molar refractivity (Wildman–Crippen MR) is 139 cm³/mol. The molecule has 1 saturated heterocycles. The summed E-state index contributed by atoms with van der Waals surface area (Å²) in [6.45, 7) is 3.90. The van der Waals surface area contributed by atoms with Gasteiger partial charge in [-0.3, -0.25) is 9.69 Å². The lowest BCUT2D eigenvalue weighted by Gasteiger charge is -2.34. The van der Waals surface area contributed by atoms with Crippen LogP contribution in [-0.4, -0.2) is 56.3 Å². The summed E-state index contributed by atoms with van der Waals surface area (Å²) < 4.78 is 2.17. The number of fused-ring (bicyclic) bond motifs is 2. The summed E-state index contributed by atoms with van der Waals surface area (Å²) in [5.41, 5.74) is 6.25. The number of H-pyrrole nitrogens is 1. The topological polar surface area (TPSA) is 56.6 Å². The van der Waals surface area contributed by atoms with Crippen LogP contribution in [0.25, 0.3) is 27.8 Å². The minimum Gasteiger partial charge on any atom is -0.361 e. The average molecular weight is 484 g/mol. The lowest BCUT2D eigenvalue weighted by molar-refractivity contribution is -0.132. The molecule has 1 fully saturated rings. The second kappa shape index (κ2) is 9.21. The van der Waals surface area contributed by atoms with Crippen LogP contribution in [0.5, 0.6) is 0 Å². The minimum atomic E-state index is 0.186. The molecule has 3 aromatic heterocycles. The number of nitrogens with zero attached hydrogens (tertiary/aromatic N) is 4. The summed E-state index contributed by atoms with van der Waals surface area (Å²) >= 11 is 6.12. The highest BCUT2D eigenvalue weighted by molar-refractivity contribution is 6.30. The van der Waals surface area contributed by atoms with Gasteiger partial charge in [-0.15, -0.1) is 0 Å². The predicted octanol–water partition coefficient (Wildman–Crippen LogP) is 5.02. The number of aromatic nitrogens is 3. The maximum absolute atomic E-state index is 13.0. The van der Waals surface area contributed by atoms with Gasteiger partial charge in [0.25, 0.3) is 0 Å². The Morgan fingerprint density at radius 2 is 1.71 bits per heavy atom. The van der Waals surface area contributed by atoms with Crippen LogP contribution < -0.4 is 0 Å². The maximum atomic E-state index is 13.0. The van der Waals surface area contributed by atoms with E-state index in [1.54, 1.807) is 0 Å². The normalized spacial score (nSPS) is 14.7. The first kappa shape index (κ1) is 21.9. The first-order valence-electron chi connectivity index (χ1n) is 11.9. The van der Waals surface area contributed by atoms with Crippen LogP contribution >= 0.6 is 11.6 Å². The quantitative estimate of drug-likeness (QED) is 0.382. The molecule has 0 bridgehead atoms. The number of halogens is 1. The molecule has 0 atom stereocenters. The van der Waals surface area contributed by atoms with E-state index in [1.165, 1.54) is 0 Å². The van der Waals surface area contributed by atoms with Crippen molar-refractivity contribution in [3.05, 3.63) is 95.4 Å². The van der Waals surface area contributed by atoms with Gasteiger partial charge in [0.2, 0.25) is 5.91 Å². The van der Waals surface area contributed by atoms with Crippen LogP contribution in [-0.2, 0) is 17.8 Å². The lowest BCUT2D eigenvalue weighted by atomic mass is 10.1. The van der Waals surface area contributed by atoms with Crippen molar-refractivity contribution in [2.24, 2.45) is 0 Å². The molecule has 1 aliphatic heterocycles. The summed E-state index contributed by atoms with van der Waals surface area (Å²) in [5, 5.41) is 1.84. The smallest absolute Gasteiger partial charge is 0.227 e. The van der Waals surface area contributed by atoms with E-state index in [1.807, 2.05) is 71.8 Å². The molecule has 1 aliphatic rings. The Kier molecular flexibility index (Phi) is 5.76. The fourth-order valence-electron chi connectivity index (χ4n) is 4.96. The molecule has 1 N–H and O–H groups in total. The molecule has 0 aliphatic carbocycles. The second-order valence-electron chi connectivity index (χ2n) is 9.04. The monoisotopic (exact) mass is 483 g/mol. The SMILES string of the molecule is O=C(Cc1c[nH]c2ccccc12)N1CCN(Cc2c(-c3ccc(Cl)cc3)nc3ccccn23)CC1. The molecule has 0 spiro atoms. The fourth-order valence-corrected chi connectivity index (χ4v) is 5.08. The van der Waals surface area contributed by atoms with Gasteiger partial charge in [0.1, 0.15) is 5.65 Å². The van der Waals surface area contributed by atoms with Gasteiger partial charge in [0.05, 0.1) is 17.8 Å². The molecule has 0 radical (unpaired) electrons. The molecule has 6 nitrogen and oxygen atoms in total. The Hall–Kier alpha value is -3.61. The standard InChI is InChI=1S/C28H26ClN5O/c29-22-10-8-20(9-11-22)28-25(34-12-4-3-7-26(34)31-28)19-32-13-15-33(16-14-32)27(35)17-21-18-30-24-6-2-1-5-23(21)24/h1-12,18,30H,13-17,19H2. The second-order valence-corrected chi connectivity index (χ2v) is 9.47. The number of imidazole rings is 1. The van der Waals surface area contributed by atoms with E-state index < -0.39 is 0 Å². The molecule has 0 unspecified atom stereocenters. The highest BCUT2D eigenvalue weighted by Crippen LogP contribution is 2.27. The molecule has 5 aromatic rings. The van der Waals surface area contributed by atoms with Crippen LogP contribution in [0, 0.1) is 0 Å².